The molecule has 3 heteroatoms. The monoisotopic (exact) mass is 354 g/mol. The Bertz CT molecular complexity index is 814. The molecule has 0 saturated heterocycles. The average molecular weight is 354 g/mol. The first kappa shape index (κ1) is 18.8. The van der Waals surface area contributed by atoms with Gasteiger partial charge in [-0.15, -0.1) is 0 Å². The molecule has 140 valence electrons. The number of rotatable bonds is 5. The van der Waals surface area contributed by atoms with Gasteiger partial charge in [-0.2, -0.15) is 0 Å². The maximum absolute atomic E-state index is 12.0. The molecule has 0 saturated carbocycles. The van der Waals surface area contributed by atoms with Crippen molar-refractivity contribution in [3.8, 4) is 5.75 Å². The van der Waals surface area contributed by atoms with Crippen LogP contribution in [0, 0.1) is 5.92 Å². The highest BCUT2D eigenvalue weighted by Gasteiger charge is 2.35. The lowest BCUT2D eigenvalue weighted by atomic mass is 9.80. The Morgan fingerprint density at radius 1 is 1.12 bits per heavy atom. The van der Waals surface area contributed by atoms with Gasteiger partial charge in [-0.05, 0) is 67.5 Å². The van der Waals surface area contributed by atoms with E-state index in [1.807, 2.05) is 26.8 Å². The van der Waals surface area contributed by atoms with Gasteiger partial charge in [0.1, 0.15) is 11.4 Å². The molecule has 0 bridgehead atoms. The third kappa shape index (κ3) is 3.44. The number of benzene rings is 2. The molecule has 2 unspecified atom stereocenters. The fourth-order valence-corrected chi connectivity index (χ4v) is 4.36. The van der Waals surface area contributed by atoms with E-state index in [1.54, 1.807) is 0 Å². The van der Waals surface area contributed by atoms with Gasteiger partial charge in [-0.25, -0.2) is 4.79 Å². The van der Waals surface area contributed by atoms with Crippen LogP contribution in [-0.4, -0.2) is 18.2 Å². The molecule has 1 aliphatic rings. The van der Waals surface area contributed by atoms with E-state index >= 15 is 0 Å². The van der Waals surface area contributed by atoms with Crippen molar-refractivity contribution >= 4 is 16.7 Å². The van der Waals surface area contributed by atoms with Crippen LogP contribution in [0.5, 0.6) is 5.75 Å². The van der Waals surface area contributed by atoms with E-state index in [-0.39, 0.29) is 12.6 Å². The fraction of sp³-hybridized carbons (Fsp3) is 0.522. The largest absolute Gasteiger partial charge is 0.481 e. The topological polar surface area (TPSA) is 35.5 Å². The molecule has 3 nitrogen and oxygen atoms in total. The summed E-state index contributed by atoms with van der Waals surface area (Å²) < 4.78 is 11.2. The van der Waals surface area contributed by atoms with Crippen molar-refractivity contribution in [1.82, 2.24) is 0 Å². The Kier molecular flexibility index (Phi) is 5.01. The second-order valence-electron chi connectivity index (χ2n) is 8.58. The lowest BCUT2D eigenvalue weighted by molar-refractivity contribution is -0.157. The maximum Gasteiger partial charge on any atom is 0.344 e. The molecule has 2 aromatic carbocycles. The number of hydrogen-bond acceptors (Lipinski definition) is 3. The number of hydrogen-bond donors (Lipinski definition) is 0. The summed E-state index contributed by atoms with van der Waals surface area (Å²) in [6, 6.07) is 10.7. The van der Waals surface area contributed by atoms with Crippen LogP contribution in [0.3, 0.4) is 0 Å². The van der Waals surface area contributed by atoms with Crippen molar-refractivity contribution < 1.29 is 14.3 Å². The Hall–Kier alpha value is -2.03. The molecule has 2 aromatic rings. The Morgan fingerprint density at radius 2 is 1.85 bits per heavy atom. The number of esters is 1. The minimum absolute atomic E-state index is 0.0687. The van der Waals surface area contributed by atoms with Gasteiger partial charge in [0.15, 0.2) is 6.61 Å². The maximum atomic E-state index is 12.0. The van der Waals surface area contributed by atoms with Crippen LogP contribution in [0.2, 0.25) is 0 Å². The van der Waals surface area contributed by atoms with Crippen molar-refractivity contribution in [2.45, 2.75) is 65.4 Å². The minimum Gasteiger partial charge on any atom is -0.481 e. The molecule has 0 aromatic heterocycles. The summed E-state index contributed by atoms with van der Waals surface area (Å²) >= 11 is 0. The smallest absolute Gasteiger partial charge is 0.344 e. The molecule has 2 atom stereocenters. The van der Waals surface area contributed by atoms with E-state index < -0.39 is 5.60 Å². The molecule has 0 amide bonds. The van der Waals surface area contributed by atoms with Gasteiger partial charge >= 0.3 is 5.97 Å². The second kappa shape index (κ2) is 6.94. The highest BCUT2D eigenvalue weighted by atomic mass is 16.6. The van der Waals surface area contributed by atoms with Crippen molar-refractivity contribution in [3.63, 3.8) is 0 Å². The van der Waals surface area contributed by atoms with E-state index in [0.717, 1.165) is 17.6 Å². The fourth-order valence-electron chi connectivity index (χ4n) is 4.36. The molecule has 26 heavy (non-hydrogen) atoms. The van der Waals surface area contributed by atoms with E-state index in [1.165, 1.54) is 16.5 Å². The van der Waals surface area contributed by atoms with Crippen molar-refractivity contribution in [2.75, 3.05) is 6.61 Å². The zero-order valence-corrected chi connectivity index (χ0v) is 16.8. The Balaban J connectivity index is 1.94. The van der Waals surface area contributed by atoms with Gasteiger partial charge in [0.2, 0.25) is 0 Å². The summed E-state index contributed by atoms with van der Waals surface area (Å²) in [5, 5.41) is 2.42. The normalized spacial score (nSPS) is 19.2. The summed E-state index contributed by atoms with van der Waals surface area (Å²) in [7, 11) is 0. The molecule has 0 N–H and O–H groups in total. The quantitative estimate of drug-likeness (QED) is 0.636. The third-order valence-corrected chi connectivity index (χ3v) is 5.18. The highest BCUT2D eigenvalue weighted by Crippen LogP contribution is 2.52. The summed E-state index contributed by atoms with van der Waals surface area (Å²) in [5.74, 6) is 2.10. The van der Waals surface area contributed by atoms with Crippen LogP contribution < -0.4 is 4.74 Å². The van der Waals surface area contributed by atoms with Gasteiger partial charge in [-0.1, -0.05) is 45.0 Å². The SMILES string of the molecule is CCC1c2cccc3c(OCC(=O)OC(C)(C)C)ccc(c23)C1C(C)C. The van der Waals surface area contributed by atoms with Crippen LogP contribution in [-0.2, 0) is 9.53 Å². The van der Waals surface area contributed by atoms with Crippen LogP contribution in [0.15, 0.2) is 30.3 Å². The van der Waals surface area contributed by atoms with Gasteiger partial charge < -0.3 is 9.47 Å². The van der Waals surface area contributed by atoms with Crippen molar-refractivity contribution in [2.24, 2.45) is 5.92 Å². The molecule has 0 heterocycles. The van der Waals surface area contributed by atoms with Gasteiger partial charge in [0.25, 0.3) is 0 Å². The van der Waals surface area contributed by atoms with Crippen LogP contribution in [0.1, 0.15) is 70.9 Å². The van der Waals surface area contributed by atoms with E-state index in [9.17, 15) is 4.79 Å². The lowest BCUT2D eigenvalue weighted by Crippen LogP contribution is -2.27. The zero-order chi connectivity index (χ0) is 19.1. The highest BCUT2D eigenvalue weighted by molar-refractivity contribution is 5.96. The third-order valence-electron chi connectivity index (χ3n) is 5.18. The number of ether oxygens (including phenoxy) is 2. The molecule has 0 fully saturated rings. The van der Waals surface area contributed by atoms with Gasteiger partial charge in [-0.3, -0.25) is 0 Å². The van der Waals surface area contributed by atoms with Crippen LogP contribution in [0.25, 0.3) is 10.8 Å². The number of carbonyl (C=O) groups is 1. The standard InChI is InChI=1S/C23H30O3/c1-7-15-16-9-8-10-17-19(25-13-20(24)26-23(4,5)6)12-11-18(22(16)17)21(15)14(2)3/h8-12,14-15,21H,7,13H2,1-6H3. The first-order valence-electron chi connectivity index (χ1n) is 9.63. The molecule has 0 aliphatic heterocycles. The summed E-state index contributed by atoms with van der Waals surface area (Å²) in [4.78, 5) is 12.0. The van der Waals surface area contributed by atoms with E-state index in [0.29, 0.717) is 17.8 Å². The molecular weight excluding hydrogens is 324 g/mol. The predicted molar refractivity (Wildman–Crippen MR) is 106 cm³/mol. The summed E-state index contributed by atoms with van der Waals surface area (Å²) in [6.07, 6.45) is 1.13. The molecule has 1 aliphatic carbocycles. The van der Waals surface area contributed by atoms with Crippen LogP contribution in [0.4, 0.5) is 0 Å². The Labute approximate surface area is 156 Å². The second-order valence-corrected chi connectivity index (χ2v) is 8.58. The van der Waals surface area contributed by atoms with Gasteiger partial charge in [0.05, 0.1) is 0 Å². The van der Waals surface area contributed by atoms with Crippen LogP contribution >= 0.6 is 0 Å². The van der Waals surface area contributed by atoms with E-state index in [4.69, 9.17) is 9.47 Å². The first-order chi connectivity index (χ1) is 12.2. The molecule has 0 spiro atoms. The molecule has 0 radical (unpaired) electrons. The molecular formula is C23H30O3. The minimum atomic E-state index is -0.499. The summed E-state index contributed by atoms with van der Waals surface area (Å²) in [5.41, 5.74) is 2.34. The zero-order valence-electron chi connectivity index (χ0n) is 16.8. The molecule has 3 rings (SSSR count). The summed E-state index contributed by atoms with van der Waals surface area (Å²) in [6.45, 7) is 12.4. The predicted octanol–water partition coefficient (Wildman–Crippen LogP) is 5.81. The van der Waals surface area contributed by atoms with Crippen molar-refractivity contribution in [1.29, 1.82) is 0 Å². The average Bonchev–Trinajstić information content (AvgIpc) is 2.88. The van der Waals surface area contributed by atoms with Gasteiger partial charge in [0, 0.05) is 5.39 Å². The lowest BCUT2D eigenvalue weighted by Gasteiger charge is -2.24. The Morgan fingerprint density at radius 3 is 2.46 bits per heavy atom. The number of carbonyl (C=O) groups excluding carboxylic acids is 1. The first-order valence-corrected chi connectivity index (χ1v) is 9.63. The van der Waals surface area contributed by atoms with E-state index in [2.05, 4.69) is 45.0 Å². The van der Waals surface area contributed by atoms with Crippen molar-refractivity contribution in [3.05, 3.63) is 41.5 Å².